The molecule has 0 heterocycles. The van der Waals surface area contributed by atoms with E-state index in [-0.39, 0.29) is 0 Å². The molecule has 6 heteroatoms. The smallest absolute Gasteiger partial charge is 0.166 e. The molecule has 0 saturated heterocycles. The Morgan fingerprint density at radius 1 is 0.405 bits per heavy atom. The van der Waals surface area contributed by atoms with Crippen LogP contribution in [0.5, 0.6) is 0 Å². The van der Waals surface area contributed by atoms with E-state index in [0.29, 0.717) is 11.1 Å². The summed E-state index contributed by atoms with van der Waals surface area (Å²) in [6.07, 6.45) is -8.89. The van der Waals surface area contributed by atoms with E-state index in [2.05, 4.69) is 12.1 Å². The van der Waals surface area contributed by atoms with Crippen molar-refractivity contribution in [3.05, 3.63) is 106 Å². The van der Waals surface area contributed by atoms with Crippen molar-refractivity contribution in [2.45, 2.75) is 50.9 Å². The highest BCUT2D eigenvalue weighted by Crippen LogP contribution is 2.57. The van der Waals surface area contributed by atoms with Gasteiger partial charge in [-0.2, -0.15) is 26.3 Å². The minimum Gasteiger partial charge on any atom is -0.166 e. The third-order valence-corrected chi connectivity index (χ3v) is 9.83. The number of hydrogen-bond donors (Lipinski definition) is 0. The van der Waals surface area contributed by atoms with E-state index in [1.807, 2.05) is 52.0 Å². The third kappa shape index (κ3) is 3.05. The Kier molecular flexibility index (Phi) is 4.56. The first-order valence-electron chi connectivity index (χ1n) is 13.8. The summed E-state index contributed by atoms with van der Waals surface area (Å²) in [5.74, 6) is 0. The topological polar surface area (TPSA) is 0 Å². The van der Waals surface area contributed by atoms with Gasteiger partial charge in [0.15, 0.2) is 0 Å². The Hall–Kier alpha value is -4.06. The van der Waals surface area contributed by atoms with E-state index in [4.69, 9.17) is 0 Å². The predicted octanol–water partition coefficient (Wildman–Crippen LogP) is 11.2. The van der Waals surface area contributed by atoms with Gasteiger partial charge in [-0.05, 0) is 113 Å². The first-order chi connectivity index (χ1) is 19.6. The molecule has 0 fully saturated rings. The van der Waals surface area contributed by atoms with Gasteiger partial charge in [0.1, 0.15) is 0 Å². The Labute approximate surface area is 237 Å². The highest BCUT2D eigenvalue weighted by atomic mass is 19.4. The number of fused-ring (bicyclic) bond motifs is 4. The van der Waals surface area contributed by atoms with Gasteiger partial charge in [-0.15, -0.1) is 0 Å². The van der Waals surface area contributed by atoms with Gasteiger partial charge in [0.2, 0.25) is 0 Å². The molecule has 0 aliphatic heterocycles. The Morgan fingerprint density at radius 3 is 1.14 bits per heavy atom. The molecule has 6 aromatic carbocycles. The molecule has 0 radical (unpaired) electrons. The van der Waals surface area contributed by atoms with Crippen LogP contribution in [-0.2, 0) is 23.2 Å². The van der Waals surface area contributed by atoms with Gasteiger partial charge in [-0.3, -0.25) is 0 Å². The van der Waals surface area contributed by atoms with Crippen molar-refractivity contribution >= 4 is 32.3 Å². The Bertz CT molecular complexity index is 2000. The van der Waals surface area contributed by atoms with Gasteiger partial charge in [-0.25, -0.2) is 0 Å². The first kappa shape index (κ1) is 25.6. The summed E-state index contributed by atoms with van der Waals surface area (Å²) >= 11 is 0. The lowest BCUT2D eigenvalue weighted by molar-refractivity contribution is -0.138. The highest BCUT2D eigenvalue weighted by molar-refractivity contribution is 6.31. The maximum atomic E-state index is 13.7. The molecule has 42 heavy (non-hydrogen) atoms. The molecule has 0 N–H and O–H groups in total. The molecule has 6 aromatic rings. The van der Waals surface area contributed by atoms with Crippen molar-refractivity contribution in [3.8, 4) is 22.3 Å². The summed E-state index contributed by atoms with van der Waals surface area (Å²) in [5, 5.41) is 6.05. The number of halogens is 6. The van der Waals surface area contributed by atoms with Crippen molar-refractivity contribution in [1.82, 2.24) is 0 Å². The van der Waals surface area contributed by atoms with Gasteiger partial charge in [0, 0.05) is 10.8 Å². The molecule has 0 saturated carbocycles. The second kappa shape index (κ2) is 7.47. The quantitative estimate of drug-likeness (QED) is 0.126. The summed E-state index contributed by atoms with van der Waals surface area (Å²) in [5.41, 5.74) is 3.89. The fraction of sp³-hybridized carbons (Fsp3) is 0.222. The molecule has 0 nitrogen and oxygen atoms in total. The fourth-order valence-electron chi connectivity index (χ4n) is 7.73. The molecule has 2 aliphatic rings. The predicted molar refractivity (Wildman–Crippen MR) is 155 cm³/mol. The molecule has 0 spiro atoms. The van der Waals surface area contributed by atoms with Crippen molar-refractivity contribution < 1.29 is 26.3 Å². The molecule has 210 valence electrons. The Morgan fingerprint density at radius 2 is 0.786 bits per heavy atom. The van der Waals surface area contributed by atoms with Crippen LogP contribution in [0.4, 0.5) is 26.3 Å². The average molecular weight is 571 g/mol. The molecule has 8 rings (SSSR count). The first-order valence-corrected chi connectivity index (χ1v) is 13.8. The molecule has 0 amide bonds. The summed E-state index contributed by atoms with van der Waals surface area (Å²) in [7, 11) is 0. The van der Waals surface area contributed by atoms with Crippen molar-refractivity contribution in [3.63, 3.8) is 0 Å². The van der Waals surface area contributed by atoms with Crippen LogP contribution >= 0.6 is 0 Å². The normalized spacial score (nSPS) is 16.7. The van der Waals surface area contributed by atoms with Crippen LogP contribution in [0.1, 0.15) is 61.1 Å². The number of benzene rings is 6. The van der Waals surface area contributed by atoms with Gasteiger partial charge >= 0.3 is 12.4 Å². The summed E-state index contributed by atoms with van der Waals surface area (Å²) in [6, 6.07) is 20.2. The van der Waals surface area contributed by atoms with Crippen LogP contribution in [0.3, 0.4) is 0 Å². The van der Waals surface area contributed by atoms with Gasteiger partial charge in [0.05, 0.1) is 11.1 Å². The average Bonchev–Trinajstić information content (AvgIpc) is 2.92. The van der Waals surface area contributed by atoms with Crippen LogP contribution in [-0.4, -0.2) is 0 Å². The van der Waals surface area contributed by atoms with E-state index in [1.165, 1.54) is 12.1 Å². The monoisotopic (exact) mass is 570 g/mol. The van der Waals surface area contributed by atoms with Crippen LogP contribution in [0.25, 0.3) is 54.6 Å². The molecule has 0 atom stereocenters. The third-order valence-electron chi connectivity index (χ3n) is 9.83. The maximum Gasteiger partial charge on any atom is 0.416 e. The lowest BCUT2D eigenvalue weighted by Crippen LogP contribution is -2.26. The fourth-order valence-corrected chi connectivity index (χ4v) is 7.73. The molecule has 2 aliphatic carbocycles. The lowest BCUT2D eigenvalue weighted by Gasteiger charge is -2.39. The van der Waals surface area contributed by atoms with Crippen LogP contribution in [0, 0.1) is 0 Å². The number of rotatable bonds is 0. The number of hydrogen-bond acceptors (Lipinski definition) is 0. The maximum absolute atomic E-state index is 13.7. The number of alkyl halides is 6. The molecular formula is C36H24F6. The molecule has 0 aromatic heterocycles. The van der Waals surface area contributed by atoms with Crippen molar-refractivity contribution in [2.75, 3.05) is 0 Å². The zero-order valence-corrected chi connectivity index (χ0v) is 23.2. The summed E-state index contributed by atoms with van der Waals surface area (Å²) < 4.78 is 82.5. The zero-order valence-electron chi connectivity index (χ0n) is 23.2. The molecule has 0 bridgehead atoms. The molecular weight excluding hydrogens is 546 g/mol. The highest BCUT2D eigenvalue weighted by Gasteiger charge is 2.41. The summed E-state index contributed by atoms with van der Waals surface area (Å²) in [4.78, 5) is 0. The minimum atomic E-state index is -4.45. The zero-order chi connectivity index (χ0) is 29.7. The van der Waals surface area contributed by atoms with Gasteiger partial charge in [0.25, 0.3) is 0 Å². The van der Waals surface area contributed by atoms with Crippen LogP contribution in [0.2, 0.25) is 0 Å². The van der Waals surface area contributed by atoms with E-state index in [0.717, 1.165) is 77.8 Å². The SMILES string of the molecule is CC1(C)c2cc(C(F)(F)F)ccc2-c2cc3ccc4c5c(cc6ccc1c2c6c35)-c1ccc(C(F)(F)F)cc1C4(C)C. The minimum absolute atomic E-state index is 0.639. The van der Waals surface area contributed by atoms with E-state index < -0.39 is 34.3 Å². The largest absolute Gasteiger partial charge is 0.416 e. The van der Waals surface area contributed by atoms with Crippen molar-refractivity contribution in [1.29, 1.82) is 0 Å². The van der Waals surface area contributed by atoms with Crippen LogP contribution < -0.4 is 0 Å². The summed E-state index contributed by atoms with van der Waals surface area (Å²) in [6.45, 7) is 7.88. The van der Waals surface area contributed by atoms with Crippen LogP contribution in [0.15, 0.2) is 72.8 Å². The second-order valence-corrected chi connectivity index (χ2v) is 12.8. The van der Waals surface area contributed by atoms with E-state index in [9.17, 15) is 26.3 Å². The Balaban J connectivity index is 1.52. The standard InChI is InChI=1S/C36H24F6/c1-33(2)25-11-5-17-14-24-22-10-8-20(36(40,41)42)16-28(22)34(3,4)26-12-6-18-13-23(31(25)29(17)30(18)32(24)26)21-9-7-19(15-27(21)33)35(37,38)39/h5-16H,1-4H3. The molecule has 0 unspecified atom stereocenters. The van der Waals surface area contributed by atoms with Gasteiger partial charge in [-0.1, -0.05) is 64.1 Å². The second-order valence-electron chi connectivity index (χ2n) is 12.8. The lowest BCUT2D eigenvalue weighted by atomic mass is 9.64. The van der Waals surface area contributed by atoms with Gasteiger partial charge < -0.3 is 0 Å². The van der Waals surface area contributed by atoms with E-state index in [1.54, 1.807) is 12.1 Å². The van der Waals surface area contributed by atoms with E-state index >= 15 is 0 Å². The van der Waals surface area contributed by atoms with Crippen molar-refractivity contribution in [2.24, 2.45) is 0 Å².